The molecule has 0 saturated carbocycles. The molecule has 1 amide bonds. The number of nitrogens with two attached hydrogens (primary N) is 1. The Bertz CT molecular complexity index is 833. The van der Waals surface area contributed by atoms with Crippen LogP contribution < -0.4 is 10.5 Å². The van der Waals surface area contributed by atoms with Gasteiger partial charge in [-0.25, -0.2) is 22.3 Å². The van der Waals surface area contributed by atoms with Gasteiger partial charge in [0.2, 0.25) is 10.0 Å². The van der Waals surface area contributed by atoms with Crippen LogP contribution in [0.5, 0.6) is 0 Å². The Kier molecular flexibility index (Phi) is 4.76. The third-order valence-electron chi connectivity index (χ3n) is 3.16. The number of rotatable bonds is 4. The van der Waals surface area contributed by atoms with Crippen molar-refractivity contribution >= 4 is 15.9 Å². The van der Waals surface area contributed by atoms with Crippen molar-refractivity contribution in [1.29, 1.82) is 0 Å². The fraction of sp³-hybridized carbons (Fsp3) is 0.133. The molecule has 0 fully saturated rings. The third-order valence-corrected chi connectivity index (χ3v) is 4.07. The molecule has 5 nitrogen and oxygen atoms in total. The highest BCUT2D eigenvalue weighted by atomic mass is 32.2. The first-order valence-electron chi connectivity index (χ1n) is 6.56. The van der Waals surface area contributed by atoms with Crippen molar-refractivity contribution < 1.29 is 22.0 Å². The van der Waals surface area contributed by atoms with Crippen molar-refractivity contribution in [3.63, 3.8) is 0 Å². The van der Waals surface area contributed by atoms with E-state index in [1.165, 1.54) is 18.2 Å². The van der Waals surface area contributed by atoms with Gasteiger partial charge in [-0.1, -0.05) is 12.1 Å². The van der Waals surface area contributed by atoms with Crippen LogP contribution in [0.4, 0.5) is 8.78 Å². The summed E-state index contributed by atoms with van der Waals surface area (Å²) < 4.78 is 48.9. The Morgan fingerprint density at radius 2 is 1.74 bits per heavy atom. The number of hydrogen-bond donors (Lipinski definition) is 2. The molecule has 1 atom stereocenters. The van der Waals surface area contributed by atoms with E-state index in [2.05, 4.69) is 5.32 Å². The zero-order valence-corrected chi connectivity index (χ0v) is 12.9. The molecule has 2 rings (SSSR count). The molecular formula is C15H14F2N2O3S. The van der Waals surface area contributed by atoms with E-state index in [1.54, 1.807) is 13.0 Å². The van der Waals surface area contributed by atoms with E-state index in [4.69, 9.17) is 5.14 Å². The van der Waals surface area contributed by atoms with E-state index in [1.807, 2.05) is 0 Å². The summed E-state index contributed by atoms with van der Waals surface area (Å²) >= 11 is 0. The molecule has 0 saturated heterocycles. The molecule has 0 radical (unpaired) electrons. The molecule has 0 heterocycles. The van der Waals surface area contributed by atoms with E-state index >= 15 is 0 Å². The number of benzene rings is 2. The van der Waals surface area contributed by atoms with E-state index in [-0.39, 0.29) is 10.5 Å². The number of halogens is 2. The molecule has 1 unspecified atom stereocenters. The number of hydrogen-bond acceptors (Lipinski definition) is 3. The van der Waals surface area contributed by atoms with Gasteiger partial charge in [0, 0.05) is 11.6 Å². The summed E-state index contributed by atoms with van der Waals surface area (Å²) in [6.07, 6.45) is 0. The van der Waals surface area contributed by atoms with Gasteiger partial charge in [0.1, 0.15) is 11.6 Å². The summed E-state index contributed by atoms with van der Waals surface area (Å²) in [6, 6.07) is 7.64. The number of sulfonamides is 1. The molecule has 2 aromatic rings. The number of carbonyl (C=O) groups excluding carboxylic acids is 1. The molecule has 0 aromatic heterocycles. The van der Waals surface area contributed by atoms with Gasteiger partial charge in [0.05, 0.1) is 10.9 Å². The molecule has 122 valence electrons. The average Bonchev–Trinajstić information content (AvgIpc) is 2.45. The third kappa shape index (κ3) is 4.33. The van der Waals surface area contributed by atoms with Crippen LogP contribution in [0.3, 0.4) is 0 Å². The first-order chi connectivity index (χ1) is 10.7. The first-order valence-corrected chi connectivity index (χ1v) is 8.11. The average molecular weight is 340 g/mol. The number of nitrogens with one attached hydrogen (secondary N) is 1. The lowest BCUT2D eigenvalue weighted by Gasteiger charge is -2.15. The SMILES string of the molecule is CC(NC(=O)c1cc(F)cc(F)c1)c1cccc(S(N)(=O)=O)c1. The van der Waals surface area contributed by atoms with Gasteiger partial charge >= 0.3 is 0 Å². The Balaban J connectivity index is 2.21. The Morgan fingerprint density at radius 3 is 2.30 bits per heavy atom. The maximum Gasteiger partial charge on any atom is 0.251 e. The molecular weight excluding hydrogens is 326 g/mol. The zero-order chi connectivity index (χ0) is 17.2. The molecule has 0 aliphatic rings. The summed E-state index contributed by atoms with van der Waals surface area (Å²) in [4.78, 5) is 11.9. The van der Waals surface area contributed by atoms with Gasteiger partial charge in [-0.3, -0.25) is 4.79 Å². The minimum atomic E-state index is -3.86. The topological polar surface area (TPSA) is 89.3 Å². The highest BCUT2D eigenvalue weighted by Gasteiger charge is 2.15. The second-order valence-corrected chi connectivity index (χ2v) is 6.53. The quantitative estimate of drug-likeness (QED) is 0.893. The van der Waals surface area contributed by atoms with Crippen LogP contribution in [0.2, 0.25) is 0 Å². The Labute approximate surface area is 132 Å². The standard InChI is InChI=1S/C15H14F2N2O3S/c1-9(10-3-2-4-14(7-10)23(18,21)22)19-15(20)11-5-12(16)8-13(17)6-11/h2-9H,1H3,(H,19,20)(H2,18,21,22). The highest BCUT2D eigenvalue weighted by molar-refractivity contribution is 7.89. The van der Waals surface area contributed by atoms with Gasteiger partial charge in [-0.2, -0.15) is 0 Å². The van der Waals surface area contributed by atoms with E-state index in [0.717, 1.165) is 12.1 Å². The highest BCUT2D eigenvalue weighted by Crippen LogP contribution is 2.17. The lowest BCUT2D eigenvalue weighted by molar-refractivity contribution is 0.0939. The number of carbonyl (C=O) groups is 1. The maximum atomic E-state index is 13.1. The van der Waals surface area contributed by atoms with Crippen molar-refractivity contribution in [1.82, 2.24) is 5.32 Å². The minimum absolute atomic E-state index is 0.0899. The van der Waals surface area contributed by atoms with Crippen LogP contribution in [-0.4, -0.2) is 14.3 Å². The van der Waals surface area contributed by atoms with Crippen LogP contribution >= 0.6 is 0 Å². The van der Waals surface area contributed by atoms with Crippen LogP contribution in [-0.2, 0) is 10.0 Å². The van der Waals surface area contributed by atoms with Gasteiger partial charge in [-0.05, 0) is 36.8 Å². The zero-order valence-electron chi connectivity index (χ0n) is 12.1. The normalized spacial score (nSPS) is 12.7. The van der Waals surface area contributed by atoms with Crippen molar-refractivity contribution in [2.75, 3.05) is 0 Å². The monoisotopic (exact) mass is 340 g/mol. The Hall–Kier alpha value is -2.32. The van der Waals surface area contributed by atoms with Crippen LogP contribution in [0.25, 0.3) is 0 Å². The van der Waals surface area contributed by atoms with Gasteiger partial charge in [-0.15, -0.1) is 0 Å². The smallest absolute Gasteiger partial charge is 0.251 e. The van der Waals surface area contributed by atoms with Crippen LogP contribution in [0.1, 0.15) is 28.9 Å². The molecule has 8 heteroatoms. The molecule has 3 N–H and O–H groups in total. The summed E-state index contributed by atoms with van der Waals surface area (Å²) in [7, 11) is -3.86. The summed E-state index contributed by atoms with van der Waals surface area (Å²) in [6.45, 7) is 1.61. The Morgan fingerprint density at radius 1 is 1.13 bits per heavy atom. The maximum absolute atomic E-state index is 13.1. The fourth-order valence-electron chi connectivity index (χ4n) is 2.01. The van der Waals surface area contributed by atoms with E-state index in [0.29, 0.717) is 11.6 Å². The van der Waals surface area contributed by atoms with Crippen molar-refractivity contribution in [2.24, 2.45) is 5.14 Å². The second kappa shape index (κ2) is 6.43. The molecule has 23 heavy (non-hydrogen) atoms. The van der Waals surface area contributed by atoms with Crippen LogP contribution in [0.15, 0.2) is 47.4 Å². The van der Waals surface area contributed by atoms with E-state index in [9.17, 15) is 22.0 Å². The lowest BCUT2D eigenvalue weighted by atomic mass is 10.1. The van der Waals surface area contributed by atoms with Gasteiger partial charge in [0.15, 0.2) is 0 Å². The first kappa shape index (κ1) is 17.0. The minimum Gasteiger partial charge on any atom is -0.346 e. The summed E-state index contributed by atoms with van der Waals surface area (Å²) in [5.74, 6) is -2.41. The predicted molar refractivity (Wildman–Crippen MR) is 80.1 cm³/mol. The van der Waals surface area contributed by atoms with Gasteiger partial charge in [0.25, 0.3) is 5.91 Å². The van der Waals surface area contributed by atoms with Crippen molar-refractivity contribution in [3.8, 4) is 0 Å². The number of primary sulfonamides is 1. The summed E-state index contributed by atoms with van der Waals surface area (Å²) in [5, 5.41) is 7.59. The van der Waals surface area contributed by atoms with Crippen LogP contribution in [0, 0.1) is 11.6 Å². The molecule has 0 spiro atoms. The fourth-order valence-corrected chi connectivity index (χ4v) is 2.58. The van der Waals surface area contributed by atoms with Crippen molar-refractivity contribution in [3.05, 3.63) is 65.2 Å². The molecule has 0 aliphatic carbocycles. The second-order valence-electron chi connectivity index (χ2n) is 4.97. The summed E-state index contributed by atoms with van der Waals surface area (Å²) in [5.41, 5.74) is 0.318. The van der Waals surface area contributed by atoms with Crippen molar-refractivity contribution in [2.45, 2.75) is 17.9 Å². The molecule has 0 aliphatic heterocycles. The largest absolute Gasteiger partial charge is 0.346 e. The lowest BCUT2D eigenvalue weighted by Crippen LogP contribution is -2.27. The number of amides is 1. The predicted octanol–water partition coefficient (Wildman–Crippen LogP) is 2.10. The van der Waals surface area contributed by atoms with E-state index < -0.39 is 33.6 Å². The molecule has 0 bridgehead atoms. The van der Waals surface area contributed by atoms with Gasteiger partial charge < -0.3 is 5.32 Å². The molecule has 2 aromatic carbocycles.